The highest BCUT2D eigenvalue weighted by Crippen LogP contribution is 2.58. The van der Waals surface area contributed by atoms with Gasteiger partial charge in [-0.15, -0.1) is 5.10 Å². The van der Waals surface area contributed by atoms with Gasteiger partial charge in [0.1, 0.15) is 30.6 Å². The lowest BCUT2D eigenvalue weighted by Gasteiger charge is -2.20. The number of nitrogen functional groups attached to an aromatic ring is 1. The molecule has 30 nitrogen and oxygen atoms in total. The van der Waals surface area contributed by atoms with Crippen molar-refractivity contribution < 1.29 is 92.8 Å². The van der Waals surface area contributed by atoms with Crippen molar-refractivity contribution in [3.63, 3.8) is 0 Å². The van der Waals surface area contributed by atoms with Gasteiger partial charge < -0.3 is 59.2 Å². The SMILES string of the molecule is COP(=O)(O)CP(=O)(O)OC[C@H]1O[C@@H](n2cc/c(=N/OCc3ccc(-c4cn(CCCCCCNC(=O)c5ccc(-c6c7ccc(=N)c(S(=O)(=O)O)c-7oc7c(S(=O)(=O)O)c(N)ccc67)c(C(=O)O)c5)nn4)cc3)n(C)c2=O)C(O)C1O. The van der Waals surface area contributed by atoms with Crippen molar-refractivity contribution in [2.24, 2.45) is 12.2 Å². The summed E-state index contributed by atoms with van der Waals surface area (Å²) in [6.07, 6.45) is -0.425. The zero-order valence-corrected chi connectivity index (χ0v) is 46.5. The summed E-state index contributed by atoms with van der Waals surface area (Å²) < 4.78 is 118. The van der Waals surface area contributed by atoms with Gasteiger partial charge in [0.2, 0.25) is 0 Å². The largest absolute Gasteiger partial charge is 0.478 e. The Morgan fingerprint density at radius 1 is 0.902 bits per heavy atom. The van der Waals surface area contributed by atoms with Crippen LogP contribution >= 0.6 is 15.2 Å². The van der Waals surface area contributed by atoms with E-state index in [9.17, 15) is 74.6 Å². The standard InChI is InChI=1S/C48H53N9O21P2S2/c1-55-37(17-20-57(48(55)63)46-40(59)39(58)36(77-46)24-76-80(66,67)25-79(64,65)74-2)53-75-23-26-7-9-27(10-8-26)35-22-56(54-52-35)19-6-4-3-5-18-51-45(60)28-11-12-29(32(21-28)47(61)62)38-30-13-15-33(49)43(81(68,69)70)41(30)78-42-31(38)14-16-34(50)44(42)82(71,72)73/h7-17,20-22,36,39-40,46,49,58-59H,3-6,18-19,23-25,50H2,1-2H3,(H,51,60)(H,61,62)(H,64,65)(H,66,67)(H,68,69,70)(H,71,72,73)/b49-33?,53-37-/t36-,39?,40?,46-/m1/s1. The molecule has 3 aliphatic rings. The summed E-state index contributed by atoms with van der Waals surface area (Å²) in [7, 11) is -17.3. The molecule has 0 bridgehead atoms. The second-order valence-electron chi connectivity index (χ2n) is 18.6. The normalized spacial score (nSPS) is 18.4. The number of anilines is 1. The number of ether oxygens (including phenoxy) is 1. The zero-order valence-electron chi connectivity index (χ0n) is 43.1. The van der Waals surface area contributed by atoms with Crippen molar-refractivity contribution in [2.45, 2.75) is 73.2 Å². The average Bonchev–Trinajstić information content (AvgIpc) is 2.80. The number of hydrogen-bond acceptors (Lipinski definition) is 21. The number of carbonyl (C=O) groups excluding carboxylic acids is 1. The van der Waals surface area contributed by atoms with Gasteiger partial charge in [0.15, 0.2) is 38.8 Å². The van der Waals surface area contributed by atoms with Crippen LogP contribution in [-0.2, 0) is 68.2 Å². The van der Waals surface area contributed by atoms with E-state index in [2.05, 4.69) is 25.3 Å². The third kappa shape index (κ3) is 13.5. The first-order valence-corrected chi connectivity index (χ1v) is 30.8. The number of nitrogens with two attached hydrogens (primary N) is 1. The molecule has 34 heteroatoms. The van der Waals surface area contributed by atoms with E-state index < -0.39 is 128 Å². The lowest BCUT2D eigenvalue weighted by Crippen LogP contribution is -2.42. The second-order valence-corrected chi connectivity index (χ2v) is 25.7. The van der Waals surface area contributed by atoms with E-state index in [0.29, 0.717) is 25.1 Å². The summed E-state index contributed by atoms with van der Waals surface area (Å²) in [5.74, 6) is -4.11. The smallest absolute Gasteiger partial charge is 0.340 e. The van der Waals surface area contributed by atoms with Gasteiger partial charge in [-0.1, -0.05) is 53.5 Å². The number of aryl methyl sites for hydroxylation is 1. The predicted molar refractivity (Wildman–Crippen MR) is 285 cm³/mol. The number of nitrogens with one attached hydrogen (secondary N) is 2. The molecule has 6 atom stereocenters. The van der Waals surface area contributed by atoms with Crippen molar-refractivity contribution in [3.8, 4) is 33.7 Å². The summed E-state index contributed by atoms with van der Waals surface area (Å²) >= 11 is 0. The maximum absolute atomic E-state index is 13.3. The van der Waals surface area contributed by atoms with Gasteiger partial charge >= 0.3 is 26.9 Å². The molecular formula is C48H53N9O21P2S2. The fraction of sp³-hybridized carbons (Fsp3) is 0.312. The van der Waals surface area contributed by atoms with Gasteiger partial charge in [0.25, 0.3) is 26.1 Å². The monoisotopic (exact) mass is 1220 g/mol. The zero-order chi connectivity index (χ0) is 59.6. The van der Waals surface area contributed by atoms with E-state index in [-0.39, 0.29) is 46.3 Å². The van der Waals surface area contributed by atoms with Crippen LogP contribution in [0.25, 0.3) is 44.7 Å². The number of amides is 1. The van der Waals surface area contributed by atoms with E-state index in [1.165, 1.54) is 43.6 Å². The molecule has 0 saturated carbocycles. The molecule has 1 fully saturated rings. The number of rotatable bonds is 23. The Morgan fingerprint density at radius 2 is 1.60 bits per heavy atom. The Hall–Kier alpha value is -7.29. The van der Waals surface area contributed by atoms with E-state index in [1.807, 2.05) is 12.1 Å². The molecule has 2 aliphatic heterocycles. The molecule has 82 heavy (non-hydrogen) atoms. The third-order valence-corrected chi connectivity index (χ3v) is 18.8. The molecule has 0 spiro atoms. The summed E-state index contributed by atoms with van der Waals surface area (Å²) in [5, 5.41) is 54.1. The highest BCUT2D eigenvalue weighted by molar-refractivity contribution is 7.86. The molecule has 0 radical (unpaired) electrons. The Kier molecular flexibility index (Phi) is 18.0. The fourth-order valence-corrected chi connectivity index (χ4v) is 13.4. The van der Waals surface area contributed by atoms with Crippen molar-refractivity contribution >= 4 is 64.0 Å². The van der Waals surface area contributed by atoms with Gasteiger partial charge in [-0.3, -0.25) is 42.3 Å². The minimum Gasteiger partial charge on any atom is -0.478 e. The Labute approximate surface area is 464 Å². The van der Waals surface area contributed by atoms with Crippen molar-refractivity contribution in [2.75, 3.05) is 31.9 Å². The Balaban J connectivity index is 0.818. The lowest BCUT2D eigenvalue weighted by atomic mass is 9.89. The Bertz CT molecular complexity index is 4110. The highest BCUT2D eigenvalue weighted by Gasteiger charge is 2.46. The number of carboxylic acid groups (broad SMARTS) is 1. The number of nitrogens with zero attached hydrogens (tertiary/aromatic N) is 6. The van der Waals surface area contributed by atoms with E-state index in [1.54, 1.807) is 23.0 Å². The summed E-state index contributed by atoms with van der Waals surface area (Å²) in [5.41, 5.74) is 5.12. The Morgan fingerprint density at radius 3 is 2.28 bits per heavy atom. The van der Waals surface area contributed by atoms with Gasteiger partial charge in [0, 0.05) is 67.2 Å². The van der Waals surface area contributed by atoms with Gasteiger partial charge in [-0.2, -0.15) is 16.8 Å². The van der Waals surface area contributed by atoms with Crippen LogP contribution in [0.2, 0.25) is 0 Å². The number of carbonyl (C=O) groups is 2. The topological polar surface area (TPSA) is 460 Å². The number of benzene rings is 4. The number of aromatic nitrogens is 5. The summed E-state index contributed by atoms with van der Waals surface area (Å²) in [6.45, 7) is 0.0108. The molecule has 11 N–H and O–H groups in total. The van der Waals surface area contributed by atoms with Crippen LogP contribution in [0.1, 0.15) is 58.2 Å². The maximum Gasteiger partial charge on any atom is 0.340 e. The van der Waals surface area contributed by atoms with Crippen LogP contribution in [0.5, 0.6) is 0 Å². The van der Waals surface area contributed by atoms with E-state index in [4.69, 9.17) is 29.7 Å². The first-order valence-electron chi connectivity index (χ1n) is 24.4. The second kappa shape index (κ2) is 24.3. The van der Waals surface area contributed by atoms with Crippen LogP contribution in [0.15, 0.2) is 109 Å². The van der Waals surface area contributed by atoms with E-state index >= 15 is 0 Å². The van der Waals surface area contributed by atoms with Crippen molar-refractivity contribution in [1.29, 1.82) is 5.41 Å². The van der Waals surface area contributed by atoms with Crippen LogP contribution < -0.4 is 27.6 Å². The highest BCUT2D eigenvalue weighted by atomic mass is 32.2. The number of aromatic carboxylic acids is 1. The number of fused-ring (bicyclic) bond motifs is 2. The average molecular weight is 1220 g/mol. The minimum absolute atomic E-state index is 0.00829. The molecule has 3 aromatic carbocycles. The molecule has 4 unspecified atom stereocenters. The van der Waals surface area contributed by atoms with Gasteiger partial charge in [0.05, 0.1) is 29.4 Å². The maximum atomic E-state index is 13.3. The lowest BCUT2D eigenvalue weighted by molar-refractivity contribution is -0.0530. The summed E-state index contributed by atoms with van der Waals surface area (Å²) in [6, 6.07) is 16.8. The molecule has 2 aromatic heterocycles. The molecule has 8 rings (SSSR count). The molecule has 1 amide bonds. The first kappa shape index (κ1) is 60.8. The summed E-state index contributed by atoms with van der Waals surface area (Å²) in [4.78, 5) is 62.3. The number of unbranched alkanes of at least 4 members (excludes halogenated alkanes) is 3. The van der Waals surface area contributed by atoms with Crippen molar-refractivity contribution in [1.82, 2.24) is 29.4 Å². The van der Waals surface area contributed by atoms with Crippen LogP contribution in [0.3, 0.4) is 0 Å². The minimum atomic E-state index is -5.22. The van der Waals surface area contributed by atoms with E-state index in [0.717, 1.165) is 58.4 Å². The predicted octanol–water partition coefficient (Wildman–Crippen LogP) is 2.85. The number of aliphatic hydroxyl groups excluding tert-OH is 2. The van der Waals surface area contributed by atoms with Crippen LogP contribution in [0, 0.1) is 5.41 Å². The fourth-order valence-electron chi connectivity index (χ4n) is 8.91. The molecule has 4 heterocycles. The molecular weight excluding hydrogens is 1160 g/mol. The quantitative estimate of drug-likeness (QED) is 0.0110. The molecule has 5 aromatic rings. The number of aliphatic hydroxyl groups is 2. The molecule has 1 aliphatic carbocycles. The number of carboxylic acids is 1. The molecule has 1 saturated heterocycles. The van der Waals surface area contributed by atoms with Crippen LogP contribution in [-0.4, -0.2) is 132 Å². The van der Waals surface area contributed by atoms with Crippen molar-refractivity contribution in [3.05, 3.63) is 123 Å². The van der Waals surface area contributed by atoms with Gasteiger partial charge in [-0.25, -0.2) is 9.59 Å². The first-order chi connectivity index (χ1) is 38.6. The van der Waals surface area contributed by atoms with Gasteiger partial charge in [-0.05, 0) is 60.4 Å². The van der Waals surface area contributed by atoms with Crippen LogP contribution in [0.4, 0.5) is 5.69 Å². The number of hydrogen-bond donors (Lipinski definition) is 10. The molecule has 438 valence electrons. The third-order valence-electron chi connectivity index (χ3n) is 13.0.